The summed E-state index contributed by atoms with van der Waals surface area (Å²) >= 11 is 0. The van der Waals surface area contributed by atoms with Crippen LogP contribution in [-0.4, -0.2) is 40.4 Å². The number of anilines is 1. The average Bonchev–Trinajstić information content (AvgIpc) is 2.75. The second kappa shape index (κ2) is 6.60. The number of hydrogen-bond donors (Lipinski definition) is 0. The molecule has 5 nitrogen and oxygen atoms in total. The van der Waals surface area contributed by atoms with Crippen LogP contribution in [0, 0.1) is 6.92 Å². The summed E-state index contributed by atoms with van der Waals surface area (Å²) in [4.78, 5) is 25.4. The van der Waals surface area contributed by atoms with Gasteiger partial charge >= 0.3 is 0 Å². The Morgan fingerprint density at radius 2 is 2.04 bits per heavy atom. The van der Waals surface area contributed by atoms with E-state index >= 15 is 0 Å². The number of aryl methyl sites for hydroxylation is 1. The maximum absolute atomic E-state index is 12.7. The molecule has 0 N–H and O–H groups in total. The topological polar surface area (TPSA) is 49.3 Å². The van der Waals surface area contributed by atoms with Crippen molar-refractivity contribution in [2.24, 2.45) is 0 Å². The van der Waals surface area contributed by atoms with E-state index in [0.29, 0.717) is 18.7 Å². The predicted molar refractivity (Wildman–Crippen MR) is 90.4 cm³/mol. The molecule has 0 spiro atoms. The minimum absolute atomic E-state index is 0.0272. The number of aromatic nitrogens is 2. The van der Waals surface area contributed by atoms with Gasteiger partial charge in [-0.15, -0.1) is 6.58 Å². The van der Waals surface area contributed by atoms with E-state index < -0.39 is 0 Å². The van der Waals surface area contributed by atoms with Crippen molar-refractivity contribution in [1.82, 2.24) is 14.9 Å². The van der Waals surface area contributed by atoms with E-state index in [-0.39, 0.29) is 5.91 Å². The molecule has 0 bridgehead atoms. The Hall–Kier alpha value is -2.69. The molecule has 1 amide bonds. The Morgan fingerprint density at radius 1 is 1.26 bits per heavy atom. The van der Waals surface area contributed by atoms with Gasteiger partial charge in [0.25, 0.3) is 5.91 Å². The van der Waals surface area contributed by atoms with Crippen LogP contribution in [0.25, 0.3) is 0 Å². The lowest BCUT2D eigenvalue weighted by Crippen LogP contribution is -2.35. The van der Waals surface area contributed by atoms with Crippen molar-refractivity contribution in [2.45, 2.75) is 13.5 Å². The minimum Gasteiger partial charge on any atom is -0.351 e. The molecule has 0 fully saturated rings. The molecule has 3 rings (SSSR count). The zero-order chi connectivity index (χ0) is 16.2. The molecular weight excluding hydrogens is 288 g/mol. The van der Waals surface area contributed by atoms with Crippen molar-refractivity contribution in [2.75, 3.05) is 24.5 Å². The fourth-order valence-corrected chi connectivity index (χ4v) is 2.79. The molecule has 118 valence electrons. The average molecular weight is 308 g/mol. The van der Waals surface area contributed by atoms with Gasteiger partial charge in [-0.1, -0.05) is 12.1 Å². The van der Waals surface area contributed by atoms with Crippen molar-refractivity contribution in [3.63, 3.8) is 0 Å². The highest BCUT2D eigenvalue weighted by Gasteiger charge is 2.24. The predicted octanol–water partition coefficient (Wildman–Crippen LogP) is 2.43. The van der Waals surface area contributed by atoms with E-state index in [1.807, 2.05) is 24.0 Å². The standard InChI is InChI=1S/C18H20N4O/c1-3-10-21-11-12-22(18(23)15-6-8-19-9-7-15)13-16-5-4-14(2)20-17(16)21/h3-9H,1,10-13H2,2H3. The summed E-state index contributed by atoms with van der Waals surface area (Å²) in [6.07, 6.45) is 5.16. The lowest BCUT2D eigenvalue weighted by molar-refractivity contribution is 0.0751. The molecule has 0 aliphatic carbocycles. The maximum atomic E-state index is 12.7. The third kappa shape index (κ3) is 3.23. The lowest BCUT2D eigenvalue weighted by atomic mass is 10.2. The van der Waals surface area contributed by atoms with Gasteiger partial charge in [0.1, 0.15) is 5.82 Å². The molecular formula is C18H20N4O. The number of fused-ring (bicyclic) bond motifs is 1. The summed E-state index contributed by atoms with van der Waals surface area (Å²) < 4.78 is 0. The van der Waals surface area contributed by atoms with E-state index in [9.17, 15) is 4.79 Å². The van der Waals surface area contributed by atoms with E-state index in [4.69, 9.17) is 0 Å². The third-order valence-electron chi connectivity index (χ3n) is 3.96. The molecule has 1 aliphatic heterocycles. The first-order chi connectivity index (χ1) is 11.2. The second-order valence-corrected chi connectivity index (χ2v) is 5.63. The van der Waals surface area contributed by atoms with Crippen LogP contribution < -0.4 is 4.90 Å². The van der Waals surface area contributed by atoms with Crippen molar-refractivity contribution in [1.29, 1.82) is 0 Å². The highest BCUT2D eigenvalue weighted by Crippen LogP contribution is 2.24. The normalized spacial score (nSPS) is 14.1. The van der Waals surface area contributed by atoms with Crippen molar-refractivity contribution in [3.8, 4) is 0 Å². The van der Waals surface area contributed by atoms with Gasteiger partial charge in [-0.2, -0.15) is 0 Å². The molecule has 1 aliphatic rings. The second-order valence-electron chi connectivity index (χ2n) is 5.63. The van der Waals surface area contributed by atoms with E-state index in [1.54, 1.807) is 24.5 Å². The highest BCUT2D eigenvalue weighted by molar-refractivity contribution is 5.94. The monoisotopic (exact) mass is 308 g/mol. The summed E-state index contributed by atoms with van der Waals surface area (Å²) in [5.74, 6) is 0.981. The van der Waals surface area contributed by atoms with Crippen LogP contribution >= 0.6 is 0 Å². The Labute approximate surface area is 136 Å². The number of carbonyl (C=O) groups excluding carboxylic acids is 1. The summed E-state index contributed by atoms with van der Waals surface area (Å²) in [5.41, 5.74) is 2.71. The zero-order valence-electron chi connectivity index (χ0n) is 13.3. The molecule has 0 saturated heterocycles. The summed E-state index contributed by atoms with van der Waals surface area (Å²) in [6.45, 7) is 8.50. The summed E-state index contributed by atoms with van der Waals surface area (Å²) in [5, 5.41) is 0. The van der Waals surface area contributed by atoms with Gasteiger partial charge in [-0.05, 0) is 25.1 Å². The van der Waals surface area contributed by atoms with Gasteiger partial charge in [0.05, 0.1) is 0 Å². The van der Waals surface area contributed by atoms with Gasteiger partial charge < -0.3 is 9.80 Å². The third-order valence-corrected chi connectivity index (χ3v) is 3.96. The summed E-state index contributed by atoms with van der Waals surface area (Å²) in [7, 11) is 0. The number of hydrogen-bond acceptors (Lipinski definition) is 4. The molecule has 2 aromatic heterocycles. The number of pyridine rings is 2. The van der Waals surface area contributed by atoms with Crippen molar-refractivity contribution >= 4 is 11.7 Å². The Bertz CT molecular complexity index is 714. The molecule has 0 aromatic carbocycles. The molecule has 0 radical (unpaired) electrons. The number of amides is 1. The van der Waals surface area contributed by atoms with Crippen molar-refractivity contribution in [3.05, 3.63) is 66.1 Å². The fourth-order valence-electron chi connectivity index (χ4n) is 2.79. The molecule has 3 heterocycles. The largest absolute Gasteiger partial charge is 0.351 e. The smallest absolute Gasteiger partial charge is 0.254 e. The van der Waals surface area contributed by atoms with Crippen LogP contribution in [0.1, 0.15) is 21.6 Å². The van der Waals surface area contributed by atoms with Crippen molar-refractivity contribution < 1.29 is 4.79 Å². The van der Waals surface area contributed by atoms with Crippen LogP contribution in [0.2, 0.25) is 0 Å². The quantitative estimate of drug-likeness (QED) is 0.817. The van der Waals surface area contributed by atoms with Crippen LogP contribution in [0.4, 0.5) is 5.82 Å². The van der Waals surface area contributed by atoms with Gasteiger partial charge in [-0.3, -0.25) is 9.78 Å². The fraction of sp³-hybridized carbons (Fsp3) is 0.278. The number of carbonyl (C=O) groups is 1. The summed E-state index contributed by atoms with van der Waals surface area (Å²) in [6, 6.07) is 7.56. The molecule has 0 unspecified atom stereocenters. The maximum Gasteiger partial charge on any atom is 0.254 e. The number of rotatable bonds is 3. The van der Waals surface area contributed by atoms with Crippen LogP contribution in [0.5, 0.6) is 0 Å². The number of nitrogens with zero attached hydrogens (tertiary/aromatic N) is 4. The van der Waals surface area contributed by atoms with Crippen LogP contribution in [0.15, 0.2) is 49.3 Å². The van der Waals surface area contributed by atoms with Crippen LogP contribution in [0.3, 0.4) is 0 Å². The minimum atomic E-state index is 0.0272. The first-order valence-electron chi connectivity index (χ1n) is 7.70. The Morgan fingerprint density at radius 3 is 2.78 bits per heavy atom. The lowest BCUT2D eigenvalue weighted by Gasteiger charge is -2.22. The van der Waals surface area contributed by atoms with Gasteiger partial charge in [0.2, 0.25) is 0 Å². The first-order valence-corrected chi connectivity index (χ1v) is 7.70. The molecule has 0 atom stereocenters. The molecule has 0 saturated carbocycles. The Balaban J connectivity index is 1.91. The van der Waals surface area contributed by atoms with Gasteiger partial charge in [0, 0.05) is 55.4 Å². The van der Waals surface area contributed by atoms with E-state index in [0.717, 1.165) is 30.2 Å². The molecule has 2 aromatic rings. The van der Waals surface area contributed by atoms with Gasteiger partial charge in [0.15, 0.2) is 0 Å². The SMILES string of the molecule is C=CCN1CCN(C(=O)c2ccncc2)Cc2ccc(C)nc21. The van der Waals surface area contributed by atoms with Crippen LogP contribution in [-0.2, 0) is 6.54 Å². The molecule has 23 heavy (non-hydrogen) atoms. The van der Waals surface area contributed by atoms with E-state index in [2.05, 4.69) is 27.5 Å². The molecule has 5 heteroatoms. The highest BCUT2D eigenvalue weighted by atomic mass is 16.2. The van der Waals surface area contributed by atoms with Gasteiger partial charge in [-0.25, -0.2) is 4.98 Å². The first kappa shape index (κ1) is 15.2. The van der Waals surface area contributed by atoms with E-state index in [1.165, 1.54) is 0 Å². The zero-order valence-corrected chi connectivity index (χ0v) is 13.3. The Kier molecular flexibility index (Phi) is 4.37.